The van der Waals surface area contributed by atoms with Crippen LogP contribution in [-0.4, -0.2) is 55.3 Å². The number of aromatic nitrogens is 1. The molecular weight excluding hydrogens is 314 g/mol. The second-order valence-electron chi connectivity index (χ2n) is 5.15. The zero-order chi connectivity index (χ0) is 16.1. The summed E-state index contributed by atoms with van der Waals surface area (Å²) in [6, 6.07) is 7.10. The monoisotopic (exact) mass is 331 g/mol. The largest absolute Gasteiger partial charge is 0.379 e. The number of nitrogens with zero attached hydrogens (tertiary/aromatic N) is 3. The summed E-state index contributed by atoms with van der Waals surface area (Å²) in [5.74, 6) is 0. The molecule has 2 amide bonds. The Balaban J connectivity index is 1.50. The van der Waals surface area contributed by atoms with Gasteiger partial charge in [0, 0.05) is 26.2 Å². The number of amides is 2. The number of anilines is 1. The van der Waals surface area contributed by atoms with Gasteiger partial charge in [-0.25, -0.2) is 9.78 Å². The highest BCUT2D eigenvalue weighted by molar-refractivity contribution is 7.22. The van der Waals surface area contributed by atoms with Crippen LogP contribution in [0.1, 0.15) is 5.56 Å². The number of carbonyl (C=O) groups excluding carboxylic acids is 1. The molecular formula is C15H17N5O2S. The van der Waals surface area contributed by atoms with E-state index >= 15 is 0 Å². The van der Waals surface area contributed by atoms with Gasteiger partial charge in [0.15, 0.2) is 5.13 Å². The molecule has 2 N–H and O–H groups in total. The van der Waals surface area contributed by atoms with Crippen LogP contribution in [0.5, 0.6) is 0 Å². The number of hydrogen-bond donors (Lipinski definition) is 2. The minimum Gasteiger partial charge on any atom is -0.379 e. The third-order valence-electron chi connectivity index (χ3n) is 3.56. The zero-order valence-corrected chi connectivity index (χ0v) is 13.4. The fourth-order valence-electron chi connectivity index (χ4n) is 2.34. The van der Waals surface area contributed by atoms with Crippen molar-refractivity contribution in [1.29, 1.82) is 5.26 Å². The maximum absolute atomic E-state index is 11.9. The highest BCUT2D eigenvalue weighted by atomic mass is 32.1. The first kappa shape index (κ1) is 15.7. The standard InChI is InChI=1S/C15H17N5O2S/c16-10-11-1-2-12-13(9-11)23-15(18-12)19-14(21)17-3-4-20-5-7-22-8-6-20/h1-2,9H,3-8H2,(H2,17,18,19,21). The van der Waals surface area contributed by atoms with Crippen LogP contribution >= 0.6 is 11.3 Å². The lowest BCUT2D eigenvalue weighted by Gasteiger charge is -2.26. The van der Waals surface area contributed by atoms with E-state index in [1.165, 1.54) is 11.3 Å². The molecule has 120 valence electrons. The summed E-state index contributed by atoms with van der Waals surface area (Å²) < 4.78 is 6.17. The van der Waals surface area contributed by atoms with Gasteiger partial charge in [-0.2, -0.15) is 5.26 Å². The number of fused-ring (bicyclic) bond motifs is 1. The van der Waals surface area contributed by atoms with Gasteiger partial charge < -0.3 is 10.1 Å². The SMILES string of the molecule is N#Cc1ccc2nc(NC(=O)NCCN3CCOCC3)sc2c1. The van der Waals surface area contributed by atoms with Gasteiger partial charge in [-0.15, -0.1) is 0 Å². The van der Waals surface area contributed by atoms with Crippen LogP contribution in [0.3, 0.4) is 0 Å². The van der Waals surface area contributed by atoms with Crippen molar-refractivity contribution in [3.05, 3.63) is 23.8 Å². The number of nitriles is 1. The summed E-state index contributed by atoms with van der Waals surface area (Å²) in [4.78, 5) is 18.5. The summed E-state index contributed by atoms with van der Waals surface area (Å²) in [6.45, 7) is 4.70. The fourth-order valence-corrected chi connectivity index (χ4v) is 3.24. The summed E-state index contributed by atoms with van der Waals surface area (Å²) in [5.41, 5.74) is 1.36. The smallest absolute Gasteiger partial charge is 0.321 e. The van der Waals surface area contributed by atoms with Gasteiger partial charge in [0.25, 0.3) is 0 Å². The van der Waals surface area contributed by atoms with E-state index in [2.05, 4.69) is 26.6 Å². The van der Waals surface area contributed by atoms with Crippen LogP contribution in [0.2, 0.25) is 0 Å². The van der Waals surface area contributed by atoms with Crippen LogP contribution < -0.4 is 10.6 Å². The third kappa shape index (κ3) is 4.16. The van der Waals surface area contributed by atoms with E-state index in [0.717, 1.165) is 43.1 Å². The number of ether oxygens (including phenoxy) is 1. The van der Waals surface area contributed by atoms with Crippen molar-refractivity contribution in [3.8, 4) is 6.07 Å². The maximum atomic E-state index is 11.9. The Morgan fingerprint density at radius 3 is 3.04 bits per heavy atom. The van der Waals surface area contributed by atoms with Crippen LogP contribution in [0.15, 0.2) is 18.2 Å². The number of hydrogen-bond acceptors (Lipinski definition) is 6. The first-order valence-electron chi connectivity index (χ1n) is 7.40. The summed E-state index contributed by atoms with van der Waals surface area (Å²) in [5, 5.41) is 15.0. The lowest BCUT2D eigenvalue weighted by atomic mass is 10.2. The van der Waals surface area contributed by atoms with Crippen LogP contribution in [-0.2, 0) is 4.74 Å². The lowest BCUT2D eigenvalue weighted by Crippen LogP contribution is -2.42. The fraction of sp³-hybridized carbons (Fsp3) is 0.400. The van der Waals surface area contributed by atoms with Gasteiger partial charge in [-0.05, 0) is 18.2 Å². The normalized spacial score (nSPS) is 15.3. The Morgan fingerprint density at radius 2 is 2.26 bits per heavy atom. The van der Waals surface area contributed by atoms with E-state index in [1.54, 1.807) is 18.2 Å². The first-order valence-corrected chi connectivity index (χ1v) is 8.22. The number of morpholine rings is 1. The van der Waals surface area contributed by atoms with E-state index < -0.39 is 0 Å². The average Bonchev–Trinajstić information content (AvgIpc) is 2.96. The number of urea groups is 1. The predicted molar refractivity (Wildman–Crippen MR) is 88.6 cm³/mol. The molecule has 1 aliphatic heterocycles. The van der Waals surface area contributed by atoms with Crippen molar-refractivity contribution in [2.45, 2.75) is 0 Å². The van der Waals surface area contributed by atoms with Crippen molar-refractivity contribution in [2.75, 3.05) is 44.7 Å². The number of carbonyl (C=O) groups is 1. The Hall–Kier alpha value is -2.21. The maximum Gasteiger partial charge on any atom is 0.321 e. The lowest BCUT2D eigenvalue weighted by molar-refractivity contribution is 0.0388. The Kier molecular flexibility index (Phi) is 5.02. The van der Waals surface area contributed by atoms with Gasteiger partial charge in [-0.3, -0.25) is 10.2 Å². The van der Waals surface area contributed by atoms with Gasteiger partial charge in [0.1, 0.15) is 0 Å². The molecule has 2 aromatic rings. The molecule has 1 fully saturated rings. The number of rotatable bonds is 4. The molecule has 23 heavy (non-hydrogen) atoms. The number of benzene rings is 1. The Labute approximate surface area is 137 Å². The van der Waals surface area contributed by atoms with Gasteiger partial charge in [0.05, 0.1) is 35.1 Å². The quantitative estimate of drug-likeness (QED) is 0.888. The van der Waals surface area contributed by atoms with Crippen molar-refractivity contribution >= 4 is 32.7 Å². The molecule has 1 saturated heterocycles. The molecule has 1 aromatic carbocycles. The third-order valence-corrected chi connectivity index (χ3v) is 4.49. The van der Waals surface area contributed by atoms with Crippen molar-refractivity contribution in [1.82, 2.24) is 15.2 Å². The van der Waals surface area contributed by atoms with Crippen LogP contribution in [0.4, 0.5) is 9.93 Å². The summed E-state index contributed by atoms with van der Waals surface area (Å²) in [6.07, 6.45) is 0. The van der Waals surface area contributed by atoms with Crippen molar-refractivity contribution in [3.63, 3.8) is 0 Å². The summed E-state index contributed by atoms with van der Waals surface area (Å²) >= 11 is 1.36. The molecule has 0 aliphatic carbocycles. The molecule has 0 spiro atoms. The van der Waals surface area contributed by atoms with E-state index in [4.69, 9.17) is 10.00 Å². The van der Waals surface area contributed by atoms with Gasteiger partial charge >= 0.3 is 6.03 Å². The zero-order valence-electron chi connectivity index (χ0n) is 12.5. The predicted octanol–water partition coefficient (Wildman–Crippen LogP) is 1.62. The molecule has 1 aliphatic rings. The molecule has 0 radical (unpaired) electrons. The van der Waals surface area contributed by atoms with E-state index in [0.29, 0.717) is 17.2 Å². The van der Waals surface area contributed by atoms with Crippen LogP contribution in [0.25, 0.3) is 10.2 Å². The topological polar surface area (TPSA) is 90.3 Å². The van der Waals surface area contributed by atoms with E-state index in [1.807, 2.05) is 0 Å². The average molecular weight is 331 g/mol. The first-order chi connectivity index (χ1) is 11.2. The Bertz CT molecular complexity index is 733. The molecule has 8 heteroatoms. The molecule has 0 saturated carbocycles. The molecule has 2 heterocycles. The van der Waals surface area contributed by atoms with Gasteiger partial charge in [-0.1, -0.05) is 11.3 Å². The molecule has 3 rings (SSSR count). The Morgan fingerprint density at radius 1 is 1.43 bits per heavy atom. The van der Waals surface area contributed by atoms with Crippen molar-refractivity contribution < 1.29 is 9.53 Å². The molecule has 0 atom stereocenters. The van der Waals surface area contributed by atoms with E-state index in [-0.39, 0.29) is 6.03 Å². The van der Waals surface area contributed by atoms with Gasteiger partial charge in [0.2, 0.25) is 0 Å². The minimum absolute atomic E-state index is 0.266. The van der Waals surface area contributed by atoms with E-state index in [9.17, 15) is 4.79 Å². The second-order valence-corrected chi connectivity index (χ2v) is 6.18. The molecule has 7 nitrogen and oxygen atoms in total. The number of thiazole rings is 1. The van der Waals surface area contributed by atoms with Crippen molar-refractivity contribution in [2.24, 2.45) is 0 Å². The molecule has 0 unspecified atom stereocenters. The van der Waals surface area contributed by atoms with Crippen LogP contribution in [0, 0.1) is 11.3 Å². The molecule has 0 bridgehead atoms. The summed E-state index contributed by atoms with van der Waals surface area (Å²) in [7, 11) is 0. The highest BCUT2D eigenvalue weighted by Gasteiger charge is 2.11. The number of nitrogens with one attached hydrogen (secondary N) is 2. The second kappa shape index (κ2) is 7.37. The molecule has 1 aromatic heterocycles. The minimum atomic E-state index is -0.266. The highest BCUT2D eigenvalue weighted by Crippen LogP contribution is 2.26.